The first kappa shape index (κ1) is 13.3. The summed E-state index contributed by atoms with van der Waals surface area (Å²) in [7, 11) is 1.94. The largest absolute Gasteiger partial charge is 0.304 e. The highest BCUT2D eigenvalue weighted by Gasteiger charge is 2.23. The molecule has 0 aromatic heterocycles. The molecule has 0 radical (unpaired) electrons. The van der Waals surface area contributed by atoms with Crippen molar-refractivity contribution in [3.8, 4) is 0 Å². The van der Waals surface area contributed by atoms with Crippen LogP contribution in [0.25, 0.3) is 0 Å². The fourth-order valence-corrected chi connectivity index (χ4v) is 2.91. The molecule has 0 unspecified atom stereocenters. The molecule has 1 fully saturated rings. The van der Waals surface area contributed by atoms with Gasteiger partial charge in [0.05, 0.1) is 0 Å². The predicted octanol–water partition coefficient (Wildman–Crippen LogP) is 3.15. The molecule has 1 aromatic rings. The summed E-state index contributed by atoms with van der Waals surface area (Å²) in [5, 5.41) is 0. The Bertz CT molecular complexity index is 415. The highest BCUT2D eigenvalue weighted by molar-refractivity contribution is 6.03. The number of rotatable bonds is 3. The van der Waals surface area contributed by atoms with Gasteiger partial charge in [0.25, 0.3) is 0 Å². The molecule has 1 saturated heterocycles. The lowest BCUT2D eigenvalue weighted by molar-refractivity contribution is 0.219. The number of likely N-dealkylation sites (tertiary alicyclic amines) is 1. The molecule has 0 amide bonds. The molecule has 2 nitrogen and oxygen atoms in total. The van der Waals surface area contributed by atoms with Crippen LogP contribution in [-0.2, 0) is 0 Å². The third-order valence-corrected chi connectivity index (χ3v) is 4.08. The van der Waals surface area contributed by atoms with Crippen molar-refractivity contribution in [2.75, 3.05) is 26.7 Å². The normalized spacial score (nSPS) is 19.2. The highest BCUT2D eigenvalue weighted by atomic mass is 15.1. The first-order valence-electron chi connectivity index (χ1n) is 7.01. The van der Waals surface area contributed by atoms with Crippen molar-refractivity contribution in [2.24, 2.45) is 10.9 Å². The predicted molar refractivity (Wildman–Crippen MR) is 78.5 cm³/mol. The Kier molecular flexibility index (Phi) is 4.54. The zero-order valence-electron chi connectivity index (χ0n) is 11.8. The molecule has 0 atom stereocenters. The Labute approximate surface area is 111 Å². The van der Waals surface area contributed by atoms with Gasteiger partial charge in [-0.05, 0) is 50.5 Å². The minimum Gasteiger partial charge on any atom is -0.304 e. The zero-order valence-corrected chi connectivity index (χ0v) is 11.8. The summed E-state index contributed by atoms with van der Waals surface area (Å²) >= 11 is 0. The van der Waals surface area contributed by atoms with Crippen LogP contribution in [0.4, 0.5) is 0 Å². The third kappa shape index (κ3) is 2.81. The summed E-state index contributed by atoms with van der Waals surface area (Å²) in [5.41, 5.74) is 4.00. The van der Waals surface area contributed by atoms with Crippen LogP contribution >= 0.6 is 0 Å². The number of hydrogen-bond acceptors (Lipinski definition) is 2. The molecule has 0 spiro atoms. The number of hydrogen-bond donors (Lipinski definition) is 0. The minimum absolute atomic E-state index is 0.638. The SMILES string of the molecule is CCN1CCC(/C(=N/C)c2ccccc2C)CC1. The first-order chi connectivity index (χ1) is 8.76. The number of piperidine rings is 1. The molecule has 0 saturated carbocycles. The number of nitrogens with zero attached hydrogens (tertiary/aromatic N) is 2. The molecule has 18 heavy (non-hydrogen) atoms. The molecule has 0 aliphatic carbocycles. The van der Waals surface area contributed by atoms with Crippen molar-refractivity contribution in [1.29, 1.82) is 0 Å². The fourth-order valence-electron chi connectivity index (χ4n) is 2.91. The van der Waals surface area contributed by atoms with E-state index in [1.54, 1.807) is 0 Å². The summed E-state index contributed by atoms with van der Waals surface area (Å²) in [4.78, 5) is 7.12. The van der Waals surface area contributed by atoms with E-state index in [2.05, 4.69) is 48.0 Å². The van der Waals surface area contributed by atoms with Crippen molar-refractivity contribution < 1.29 is 0 Å². The maximum Gasteiger partial charge on any atom is 0.0451 e. The molecule has 1 aromatic carbocycles. The number of aryl methyl sites for hydroxylation is 1. The number of benzene rings is 1. The molecule has 2 rings (SSSR count). The van der Waals surface area contributed by atoms with E-state index in [4.69, 9.17) is 0 Å². The van der Waals surface area contributed by atoms with Gasteiger partial charge in [-0.15, -0.1) is 0 Å². The molecular formula is C16H24N2. The third-order valence-electron chi connectivity index (χ3n) is 4.08. The van der Waals surface area contributed by atoms with Crippen molar-refractivity contribution >= 4 is 5.71 Å². The molecule has 2 heteroatoms. The van der Waals surface area contributed by atoms with Gasteiger partial charge in [0, 0.05) is 18.7 Å². The maximum absolute atomic E-state index is 4.59. The van der Waals surface area contributed by atoms with Gasteiger partial charge in [0.1, 0.15) is 0 Å². The van der Waals surface area contributed by atoms with Gasteiger partial charge in [-0.3, -0.25) is 4.99 Å². The van der Waals surface area contributed by atoms with Crippen LogP contribution in [0.3, 0.4) is 0 Å². The zero-order chi connectivity index (χ0) is 13.0. The van der Waals surface area contributed by atoms with Crippen LogP contribution in [0.15, 0.2) is 29.3 Å². The van der Waals surface area contributed by atoms with E-state index in [0.29, 0.717) is 5.92 Å². The van der Waals surface area contributed by atoms with Gasteiger partial charge < -0.3 is 4.90 Å². The van der Waals surface area contributed by atoms with E-state index in [0.717, 1.165) is 0 Å². The Morgan fingerprint density at radius 2 is 1.94 bits per heavy atom. The molecule has 1 aliphatic rings. The van der Waals surface area contributed by atoms with Gasteiger partial charge in [-0.1, -0.05) is 31.2 Å². The minimum atomic E-state index is 0.638. The summed E-state index contributed by atoms with van der Waals surface area (Å²) in [6, 6.07) is 8.62. The molecule has 0 N–H and O–H groups in total. The second-order valence-corrected chi connectivity index (χ2v) is 5.13. The van der Waals surface area contributed by atoms with Crippen molar-refractivity contribution in [3.63, 3.8) is 0 Å². The smallest absolute Gasteiger partial charge is 0.0451 e. The van der Waals surface area contributed by atoms with Gasteiger partial charge in [-0.2, -0.15) is 0 Å². The highest BCUT2D eigenvalue weighted by Crippen LogP contribution is 2.23. The monoisotopic (exact) mass is 244 g/mol. The Hall–Kier alpha value is -1.15. The average molecular weight is 244 g/mol. The van der Waals surface area contributed by atoms with Gasteiger partial charge in [0.15, 0.2) is 0 Å². The van der Waals surface area contributed by atoms with E-state index >= 15 is 0 Å². The summed E-state index contributed by atoms with van der Waals surface area (Å²) < 4.78 is 0. The van der Waals surface area contributed by atoms with E-state index in [9.17, 15) is 0 Å². The lowest BCUT2D eigenvalue weighted by Gasteiger charge is -2.32. The standard InChI is InChI=1S/C16H24N2/c1-4-18-11-9-14(10-12-18)16(17-3)15-8-6-5-7-13(15)2/h5-8,14H,4,9-12H2,1-3H3/b17-16-. The second kappa shape index (κ2) is 6.14. The first-order valence-corrected chi connectivity index (χ1v) is 7.01. The lowest BCUT2D eigenvalue weighted by Crippen LogP contribution is -2.36. The molecular weight excluding hydrogens is 220 g/mol. The molecule has 0 bridgehead atoms. The average Bonchev–Trinajstić information content (AvgIpc) is 2.42. The topological polar surface area (TPSA) is 15.6 Å². The quantitative estimate of drug-likeness (QED) is 0.746. The van der Waals surface area contributed by atoms with Gasteiger partial charge in [0.2, 0.25) is 0 Å². The van der Waals surface area contributed by atoms with Crippen molar-refractivity contribution in [2.45, 2.75) is 26.7 Å². The van der Waals surface area contributed by atoms with Gasteiger partial charge >= 0.3 is 0 Å². The maximum atomic E-state index is 4.59. The van der Waals surface area contributed by atoms with Crippen LogP contribution in [0.1, 0.15) is 30.9 Å². The van der Waals surface area contributed by atoms with Crippen molar-refractivity contribution in [1.82, 2.24) is 4.90 Å². The van der Waals surface area contributed by atoms with Gasteiger partial charge in [-0.25, -0.2) is 0 Å². The van der Waals surface area contributed by atoms with Crippen LogP contribution in [0.2, 0.25) is 0 Å². The van der Waals surface area contributed by atoms with E-state index < -0.39 is 0 Å². The van der Waals surface area contributed by atoms with E-state index in [-0.39, 0.29) is 0 Å². The Morgan fingerprint density at radius 3 is 2.50 bits per heavy atom. The van der Waals surface area contributed by atoms with Crippen LogP contribution in [0, 0.1) is 12.8 Å². The van der Waals surface area contributed by atoms with Crippen molar-refractivity contribution in [3.05, 3.63) is 35.4 Å². The lowest BCUT2D eigenvalue weighted by atomic mass is 9.86. The van der Waals surface area contributed by atoms with Crippen LogP contribution < -0.4 is 0 Å². The summed E-state index contributed by atoms with van der Waals surface area (Å²) in [6.45, 7) is 8.03. The Morgan fingerprint density at radius 1 is 1.28 bits per heavy atom. The summed E-state index contributed by atoms with van der Waals surface area (Å²) in [6.07, 6.45) is 2.49. The molecule has 1 heterocycles. The second-order valence-electron chi connectivity index (χ2n) is 5.13. The van der Waals surface area contributed by atoms with Crippen LogP contribution in [-0.4, -0.2) is 37.3 Å². The van der Waals surface area contributed by atoms with Crippen LogP contribution in [0.5, 0.6) is 0 Å². The fraction of sp³-hybridized carbons (Fsp3) is 0.562. The van der Waals surface area contributed by atoms with E-state index in [1.165, 1.54) is 49.3 Å². The Balaban J connectivity index is 2.14. The number of aliphatic imine (C=N–C) groups is 1. The molecule has 98 valence electrons. The summed E-state index contributed by atoms with van der Waals surface area (Å²) in [5.74, 6) is 0.638. The van der Waals surface area contributed by atoms with E-state index in [1.807, 2.05) is 7.05 Å². The molecule has 1 aliphatic heterocycles.